The van der Waals surface area contributed by atoms with Crippen LogP contribution in [0.5, 0.6) is 0 Å². The van der Waals surface area contributed by atoms with Crippen molar-refractivity contribution in [3.63, 3.8) is 0 Å². The Balaban J connectivity index is 3.07. The van der Waals surface area contributed by atoms with Crippen LogP contribution in [-0.4, -0.2) is 7.05 Å². The summed E-state index contributed by atoms with van der Waals surface area (Å²) < 4.78 is 0. The van der Waals surface area contributed by atoms with E-state index in [1.807, 2.05) is 0 Å². The van der Waals surface area contributed by atoms with Crippen LogP contribution in [0.15, 0.2) is 22.6 Å². The summed E-state index contributed by atoms with van der Waals surface area (Å²) in [4.78, 5) is 0. The zero-order chi connectivity index (χ0) is 4.83. The Hall–Kier alpha value is -0.860. The molecule has 0 radical (unpaired) electrons. The van der Waals surface area contributed by atoms with E-state index in [4.69, 9.17) is 5.73 Å². The molecule has 0 amide bonds. The molecular weight excluding hydrogens is 78.1 g/mol. The van der Waals surface area contributed by atoms with Crippen molar-refractivity contribution in [1.82, 2.24) is 0 Å². The second kappa shape index (κ2) is 4.14. The first-order chi connectivity index (χ1) is 2.91. The van der Waals surface area contributed by atoms with E-state index in [1.54, 1.807) is 7.05 Å². The minimum Gasteiger partial charge on any atom is -0.403 e. The highest BCUT2D eigenvalue weighted by molar-refractivity contribution is 4.68. The fourth-order valence-corrected chi connectivity index (χ4v) is 0.105. The Labute approximate surface area is 36.6 Å². The summed E-state index contributed by atoms with van der Waals surface area (Å²) in [5.74, 6) is 0. The lowest BCUT2D eigenvalue weighted by molar-refractivity contribution is 1.16. The van der Waals surface area contributed by atoms with Gasteiger partial charge in [-0.2, -0.15) is 10.2 Å². The molecule has 0 unspecified atom stereocenters. The monoisotopic (exact) mass is 85.1 g/mol. The lowest BCUT2D eigenvalue weighted by atomic mass is 11.0. The Morgan fingerprint density at radius 3 is 2.50 bits per heavy atom. The summed E-state index contributed by atoms with van der Waals surface area (Å²) in [6, 6.07) is 0. The third-order valence-corrected chi connectivity index (χ3v) is 0.268. The maximum atomic E-state index is 4.88. The maximum Gasteiger partial charge on any atom is 0.0645 e. The van der Waals surface area contributed by atoms with Crippen LogP contribution in [0, 0.1) is 0 Å². The smallest absolute Gasteiger partial charge is 0.0645 e. The Morgan fingerprint density at radius 1 is 1.67 bits per heavy atom. The van der Waals surface area contributed by atoms with Gasteiger partial charge in [-0.3, -0.25) is 0 Å². The Morgan fingerprint density at radius 2 is 2.33 bits per heavy atom. The zero-order valence-corrected chi connectivity index (χ0v) is 3.63. The Bertz CT molecular complexity index is 54.4. The number of azo groups is 1. The first-order valence-electron chi connectivity index (χ1n) is 1.57. The van der Waals surface area contributed by atoms with Crippen LogP contribution in [-0.2, 0) is 0 Å². The van der Waals surface area contributed by atoms with Crippen LogP contribution in [0.2, 0.25) is 0 Å². The Kier molecular flexibility index (Phi) is 3.55. The molecule has 0 aliphatic heterocycles. The van der Waals surface area contributed by atoms with E-state index < -0.39 is 0 Å². The summed E-state index contributed by atoms with van der Waals surface area (Å²) in [5, 5.41) is 6.79. The van der Waals surface area contributed by atoms with Gasteiger partial charge in [0.2, 0.25) is 0 Å². The maximum absolute atomic E-state index is 4.88. The van der Waals surface area contributed by atoms with Crippen molar-refractivity contribution in [3.8, 4) is 0 Å². The summed E-state index contributed by atoms with van der Waals surface area (Å²) in [6.45, 7) is 0. The van der Waals surface area contributed by atoms with Gasteiger partial charge in [-0.15, -0.1) is 0 Å². The van der Waals surface area contributed by atoms with Gasteiger partial charge >= 0.3 is 0 Å². The van der Waals surface area contributed by atoms with Crippen molar-refractivity contribution in [1.29, 1.82) is 0 Å². The molecule has 0 rings (SSSR count). The van der Waals surface area contributed by atoms with E-state index in [-0.39, 0.29) is 0 Å². The molecule has 0 aliphatic carbocycles. The molecule has 0 aromatic heterocycles. The summed E-state index contributed by atoms with van der Waals surface area (Å²) in [5.41, 5.74) is 4.88. The first-order valence-corrected chi connectivity index (χ1v) is 1.57. The van der Waals surface area contributed by atoms with Gasteiger partial charge in [0.25, 0.3) is 0 Å². The molecule has 0 aliphatic rings. The van der Waals surface area contributed by atoms with E-state index in [0.717, 1.165) is 0 Å². The minimum absolute atomic E-state index is 1.33. The largest absolute Gasteiger partial charge is 0.403 e. The predicted octanol–water partition coefficient (Wildman–Crippen LogP) is 0.498. The molecule has 0 bridgehead atoms. The topological polar surface area (TPSA) is 50.7 Å². The molecule has 34 valence electrons. The molecular formula is C3H7N3. The van der Waals surface area contributed by atoms with Crippen LogP contribution >= 0.6 is 0 Å². The van der Waals surface area contributed by atoms with Crippen LogP contribution in [0.3, 0.4) is 0 Å². The number of nitrogens with two attached hydrogens (primary N) is 1. The van der Waals surface area contributed by atoms with Crippen molar-refractivity contribution in [2.45, 2.75) is 0 Å². The number of nitrogens with zero attached hydrogens (tertiary/aromatic N) is 2. The average molecular weight is 85.1 g/mol. The van der Waals surface area contributed by atoms with Gasteiger partial charge in [-0.25, -0.2) is 0 Å². The summed E-state index contributed by atoms with van der Waals surface area (Å²) >= 11 is 0. The molecule has 0 aromatic rings. The molecule has 0 heterocycles. The fourth-order valence-electron chi connectivity index (χ4n) is 0.105. The molecule has 2 N–H and O–H groups in total. The van der Waals surface area contributed by atoms with Crippen molar-refractivity contribution >= 4 is 0 Å². The second-order valence-electron chi connectivity index (χ2n) is 0.657. The molecule has 6 heavy (non-hydrogen) atoms. The average Bonchev–Trinajstić information content (AvgIpc) is 1.61. The third-order valence-electron chi connectivity index (χ3n) is 0.268. The van der Waals surface area contributed by atoms with Gasteiger partial charge in [-0.1, -0.05) is 0 Å². The second-order valence-corrected chi connectivity index (χ2v) is 0.657. The van der Waals surface area contributed by atoms with Gasteiger partial charge in [0.15, 0.2) is 0 Å². The van der Waals surface area contributed by atoms with Gasteiger partial charge in [0, 0.05) is 13.2 Å². The highest BCUT2D eigenvalue weighted by Gasteiger charge is 1.48. The van der Waals surface area contributed by atoms with E-state index in [9.17, 15) is 0 Å². The highest BCUT2D eigenvalue weighted by atomic mass is 15.1. The van der Waals surface area contributed by atoms with Crippen molar-refractivity contribution in [3.05, 3.63) is 12.4 Å². The number of rotatable bonds is 1. The van der Waals surface area contributed by atoms with Crippen LogP contribution in [0.25, 0.3) is 0 Å². The molecule has 0 saturated carbocycles. The summed E-state index contributed by atoms with van der Waals surface area (Å²) in [6.07, 6.45) is 2.74. The minimum atomic E-state index is 1.33. The molecule has 0 spiro atoms. The molecule has 3 nitrogen and oxygen atoms in total. The quantitative estimate of drug-likeness (QED) is 0.463. The van der Waals surface area contributed by atoms with Crippen molar-refractivity contribution in [2.75, 3.05) is 7.05 Å². The van der Waals surface area contributed by atoms with Crippen molar-refractivity contribution < 1.29 is 0 Å². The summed E-state index contributed by atoms with van der Waals surface area (Å²) in [7, 11) is 1.58. The normalized spacial score (nSPS) is 11.5. The lowest BCUT2D eigenvalue weighted by Crippen LogP contribution is -1.71. The van der Waals surface area contributed by atoms with Gasteiger partial charge in [-0.05, 0) is 0 Å². The molecule has 0 fully saturated rings. The van der Waals surface area contributed by atoms with Gasteiger partial charge < -0.3 is 5.73 Å². The van der Waals surface area contributed by atoms with E-state index in [2.05, 4.69) is 10.2 Å². The van der Waals surface area contributed by atoms with E-state index in [1.165, 1.54) is 12.4 Å². The molecule has 3 heteroatoms. The first kappa shape index (κ1) is 5.14. The van der Waals surface area contributed by atoms with E-state index in [0.29, 0.717) is 0 Å². The standard InChI is InChI=1S/C3H7N3/c1-5-6-3-2-4/h2-3H,4H2,1H3/b3-2-,6-5-. The lowest BCUT2D eigenvalue weighted by Gasteiger charge is -1.64. The molecule has 0 aromatic carbocycles. The SMILES string of the molecule is C/N=N\C=C/N. The van der Waals surface area contributed by atoms with Crippen LogP contribution in [0.1, 0.15) is 0 Å². The molecule has 0 saturated heterocycles. The van der Waals surface area contributed by atoms with Crippen LogP contribution < -0.4 is 5.73 Å². The highest BCUT2D eigenvalue weighted by Crippen LogP contribution is 1.66. The van der Waals surface area contributed by atoms with E-state index >= 15 is 0 Å². The predicted molar refractivity (Wildman–Crippen MR) is 24.1 cm³/mol. The third kappa shape index (κ3) is 3.14. The van der Waals surface area contributed by atoms with Crippen LogP contribution in [0.4, 0.5) is 0 Å². The van der Waals surface area contributed by atoms with Gasteiger partial charge in [0.05, 0.1) is 6.20 Å². The number of hydrogen-bond donors (Lipinski definition) is 1. The fraction of sp³-hybridized carbons (Fsp3) is 0.333. The zero-order valence-electron chi connectivity index (χ0n) is 3.63. The van der Waals surface area contributed by atoms with Gasteiger partial charge in [0.1, 0.15) is 0 Å². The molecule has 0 atom stereocenters. The van der Waals surface area contributed by atoms with Crippen molar-refractivity contribution in [2.24, 2.45) is 16.0 Å². The number of hydrogen-bond acceptors (Lipinski definition) is 3.